The minimum Gasteiger partial charge on any atom is -0.616 e. The topological polar surface area (TPSA) is 93.3 Å². The SMILES string of the molecule is [O-][S+]1CCc2c(c(-c3c[nH]nc3C(F)(F)F)nc3ccc4[nH]ncc4c23)C1. The predicted octanol–water partition coefficient (Wildman–Crippen LogP) is 3.32. The van der Waals surface area contributed by atoms with Crippen LogP contribution in [0, 0.1) is 0 Å². The normalized spacial score (nSPS) is 17.6. The van der Waals surface area contributed by atoms with Gasteiger partial charge in [-0.2, -0.15) is 23.4 Å². The van der Waals surface area contributed by atoms with Gasteiger partial charge in [-0.15, -0.1) is 0 Å². The summed E-state index contributed by atoms with van der Waals surface area (Å²) >= 11 is -1.14. The Bertz CT molecular complexity index is 1180. The highest BCUT2D eigenvalue weighted by Crippen LogP contribution is 2.41. The van der Waals surface area contributed by atoms with E-state index in [9.17, 15) is 17.7 Å². The molecule has 0 bridgehead atoms. The number of aromatic amines is 2. The summed E-state index contributed by atoms with van der Waals surface area (Å²) in [4.78, 5) is 4.53. The summed E-state index contributed by atoms with van der Waals surface area (Å²) in [6.07, 6.45) is -1.21. The minimum absolute atomic E-state index is 0.119. The number of aryl methyl sites for hydroxylation is 1. The van der Waals surface area contributed by atoms with E-state index >= 15 is 0 Å². The van der Waals surface area contributed by atoms with Gasteiger partial charge in [0.15, 0.2) is 5.69 Å². The Kier molecular flexibility index (Phi) is 3.50. The molecule has 4 heterocycles. The first-order valence-electron chi connectivity index (χ1n) is 8.17. The van der Waals surface area contributed by atoms with Crippen LogP contribution < -0.4 is 0 Å². The van der Waals surface area contributed by atoms with Gasteiger partial charge in [-0.25, -0.2) is 4.98 Å². The van der Waals surface area contributed by atoms with Gasteiger partial charge in [-0.05, 0) is 28.9 Å². The second kappa shape index (κ2) is 5.70. The van der Waals surface area contributed by atoms with Crippen molar-refractivity contribution in [1.29, 1.82) is 0 Å². The number of fused-ring (bicyclic) bond motifs is 5. The van der Waals surface area contributed by atoms with Gasteiger partial charge in [0.25, 0.3) is 0 Å². The second-order valence-corrected chi connectivity index (χ2v) is 7.97. The number of hydrogen-bond donors (Lipinski definition) is 2. The summed E-state index contributed by atoms with van der Waals surface area (Å²) in [5, 5.41) is 14.3. The molecule has 1 aliphatic rings. The molecule has 4 aromatic rings. The molecular weight excluding hydrogens is 379 g/mol. The van der Waals surface area contributed by atoms with Crippen molar-refractivity contribution in [2.24, 2.45) is 0 Å². The van der Waals surface area contributed by atoms with E-state index in [0.717, 1.165) is 21.9 Å². The molecule has 5 rings (SSSR count). The lowest BCUT2D eigenvalue weighted by Gasteiger charge is -2.24. The Balaban J connectivity index is 1.88. The van der Waals surface area contributed by atoms with Crippen molar-refractivity contribution in [1.82, 2.24) is 25.4 Å². The van der Waals surface area contributed by atoms with Crippen LogP contribution in [0.3, 0.4) is 0 Å². The van der Waals surface area contributed by atoms with Crippen LogP contribution in [0.5, 0.6) is 0 Å². The van der Waals surface area contributed by atoms with Crippen LogP contribution in [-0.2, 0) is 29.5 Å². The molecule has 1 aliphatic heterocycles. The molecule has 0 saturated carbocycles. The van der Waals surface area contributed by atoms with Crippen LogP contribution in [-0.4, -0.2) is 35.7 Å². The zero-order valence-electron chi connectivity index (χ0n) is 13.7. The van der Waals surface area contributed by atoms with Crippen LogP contribution in [0.2, 0.25) is 0 Å². The third-order valence-corrected chi connectivity index (χ3v) is 6.11. The van der Waals surface area contributed by atoms with Crippen molar-refractivity contribution >= 4 is 33.0 Å². The molecule has 6 nitrogen and oxygen atoms in total. The lowest BCUT2D eigenvalue weighted by atomic mass is 9.94. The summed E-state index contributed by atoms with van der Waals surface area (Å²) in [6, 6.07) is 3.56. The molecule has 27 heavy (non-hydrogen) atoms. The third kappa shape index (κ3) is 2.51. The molecule has 0 spiro atoms. The quantitative estimate of drug-likeness (QED) is 0.487. The van der Waals surface area contributed by atoms with Gasteiger partial charge in [0.1, 0.15) is 11.5 Å². The van der Waals surface area contributed by atoms with E-state index in [1.165, 1.54) is 6.20 Å². The van der Waals surface area contributed by atoms with Crippen molar-refractivity contribution in [3.63, 3.8) is 0 Å². The molecule has 10 heteroatoms. The van der Waals surface area contributed by atoms with E-state index < -0.39 is 23.0 Å². The molecule has 1 aromatic carbocycles. The van der Waals surface area contributed by atoms with E-state index in [-0.39, 0.29) is 17.0 Å². The number of H-pyrrole nitrogens is 2. The Morgan fingerprint density at radius 2 is 2.04 bits per heavy atom. The molecule has 1 atom stereocenters. The Labute approximate surface area is 153 Å². The van der Waals surface area contributed by atoms with E-state index in [1.54, 1.807) is 18.3 Å². The van der Waals surface area contributed by atoms with Crippen molar-refractivity contribution in [3.8, 4) is 11.3 Å². The maximum Gasteiger partial charge on any atom is 0.435 e. The van der Waals surface area contributed by atoms with Crippen molar-refractivity contribution in [3.05, 3.63) is 41.3 Å². The lowest BCUT2D eigenvalue weighted by Crippen LogP contribution is -2.21. The molecule has 138 valence electrons. The first-order chi connectivity index (χ1) is 12.9. The van der Waals surface area contributed by atoms with Crippen LogP contribution in [0.1, 0.15) is 16.8 Å². The molecule has 0 saturated heterocycles. The Morgan fingerprint density at radius 1 is 1.19 bits per heavy atom. The zero-order chi connectivity index (χ0) is 18.8. The van der Waals surface area contributed by atoms with Crippen LogP contribution >= 0.6 is 0 Å². The fourth-order valence-corrected chi connectivity index (χ4v) is 4.90. The molecular formula is C17H12F3N5OS. The first-order valence-corrected chi connectivity index (χ1v) is 9.66. The van der Waals surface area contributed by atoms with Crippen LogP contribution in [0.15, 0.2) is 24.5 Å². The number of hydrogen-bond acceptors (Lipinski definition) is 4. The summed E-state index contributed by atoms with van der Waals surface area (Å²) in [6.45, 7) is 0. The highest BCUT2D eigenvalue weighted by Gasteiger charge is 2.39. The highest BCUT2D eigenvalue weighted by molar-refractivity contribution is 7.90. The zero-order valence-corrected chi connectivity index (χ0v) is 14.5. The van der Waals surface area contributed by atoms with Gasteiger partial charge < -0.3 is 4.55 Å². The number of aromatic nitrogens is 5. The number of alkyl halides is 3. The molecule has 0 fully saturated rings. The molecule has 0 aliphatic carbocycles. The van der Waals surface area contributed by atoms with Crippen LogP contribution in [0.4, 0.5) is 13.2 Å². The standard InChI is InChI=1S/C17H12F3N5OS/c18-17(19,20)16-10(6-22-25-16)15-11-7-27(26)4-3-8(11)14-9-5-21-24-12(9)1-2-13(14)23-15/h1-2,5-6H,3-4,7H2,(H,21,24)(H,22,25). The molecule has 3 aromatic heterocycles. The summed E-state index contributed by atoms with van der Waals surface area (Å²) < 4.78 is 52.3. The molecule has 1 unspecified atom stereocenters. The van der Waals surface area contributed by atoms with Gasteiger partial charge in [0.2, 0.25) is 0 Å². The summed E-state index contributed by atoms with van der Waals surface area (Å²) in [7, 11) is 0. The largest absolute Gasteiger partial charge is 0.616 e. The Morgan fingerprint density at radius 3 is 2.85 bits per heavy atom. The van der Waals surface area contributed by atoms with Crippen LogP contribution in [0.25, 0.3) is 33.1 Å². The van der Waals surface area contributed by atoms with Gasteiger partial charge in [-0.1, -0.05) is 0 Å². The lowest BCUT2D eigenvalue weighted by molar-refractivity contribution is -0.140. The van der Waals surface area contributed by atoms with Crippen molar-refractivity contribution in [2.75, 3.05) is 5.75 Å². The van der Waals surface area contributed by atoms with E-state index in [0.29, 0.717) is 23.3 Å². The molecule has 0 amide bonds. The van der Waals surface area contributed by atoms with Gasteiger partial charge in [0, 0.05) is 29.0 Å². The number of pyridine rings is 1. The van der Waals surface area contributed by atoms with Gasteiger partial charge >= 0.3 is 6.18 Å². The number of nitrogens with zero attached hydrogens (tertiary/aromatic N) is 3. The first kappa shape index (κ1) is 16.6. The number of rotatable bonds is 1. The van der Waals surface area contributed by atoms with Crippen molar-refractivity contribution < 1.29 is 17.7 Å². The Hall–Kier alpha value is -2.59. The summed E-state index contributed by atoms with van der Waals surface area (Å²) in [5.41, 5.74) is 1.94. The van der Waals surface area contributed by atoms with Crippen molar-refractivity contribution in [2.45, 2.75) is 18.3 Å². The average Bonchev–Trinajstić information content (AvgIpc) is 3.29. The highest BCUT2D eigenvalue weighted by atomic mass is 32.2. The second-order valence-electron chi connectivity index (χ2n) is 6.39. The fourth-order valence-electron chi connectivity index (χ4n) is 3.69. The van der Waals surface area contributed by atoms with E-state index in [4.69, 9.17) is 0 Å². The number of benzene rings is 1. The van der Waals surface area contributed by atoms with E-state index in [1.807, 2.05) is 0 Å². The smallest absolute Gasteiger partial charge is 0.435 e. The third-order valence-electron chi connectivity index (χ3n) is 4.84. The molecule has 0 radical (unpaired) electrons. The maximum atomic E-state index is 13.4. The van der Waals surface area contributed by atoms with Gasteiger partial charge in [0.05, 0.1) is 28.5 Å². The fraction of sp³-hybridized carbons (Fsp3) is 0.235. The maximum absolute atomic E-state index is 13.4. The number of nitrogens with one attached hydrogen (secondary N) is 2. The van der Waals surface area contributed by atoms with Gasteiger partial charge in [-0.3, -0.25) is 10.2 Å². The predicted molar refractivity (Wildman–Crippen MR) is 94.4 cm³/mol. The number of halogens is 3. The monoisotopic (exact) mass is 391 g/mol. The summed E-state index contributed by atoms with van der Waals surface area (Å²) in [5.74, 6) is 0.641. The molecule has 2 N–H and O–H groups in total. The van der Waals surface area contributed by atoms with E-state index in [2.05, 4.69) is 25.4 Å². The minimum atomic E-state index is -4.61. The average molecular weight is 391 g/mol.